The highest BCUT2D eigenvalue weighted by Crippen LogP contribution is 2.17. The molecule has 0 atom stereocenters. The lowest BCUT2D eigenvalue weighted by Gasteiger charge is -2.17. The molecule has 6 nitrogen and oxygen atoms in total. The second kappa shape index (κ2) is 9.05. The van der Waals surface area contributed by atoms with Crippen molar-refractivity contribution in [1.82, 2.24) is 4.90 Å². The van der Waals surface area contributed by atoms with Gasteiger partial charge >= 0.3 is 5.97 Å². The van der Waals surface area contributed by atoms with E-state index in [-0.39, 0.29) is 16.4 Å². The lowest BCUT2D eigenvalue weighted by molar-refractivity contribution is -0.133. The van der Waals surface area contributed by atoms with Gasteiger partial charge in [0.15, 0.2) is 16.4 Å². The minimum atomic E-state index is -3.58. The van der Waals surface area contributed by atoms with E-state index in [0.717, 1.165) is 16.7 Å². The predicted molar refractivity (Wildman–Crippen MR) is 105 cm³/mol. The molecule has 27 heavy (non-hydrogen) atoms. The molecular weight excluding hydrogens is 386 g/mol. The van der Waals surface area contributed by atoms with E-state index in [1.165, 1.54) is 29.2 Å². The van der Waals surface area contributed by atoms with Gasteiger partial charge in [0.25, 0.3) is 5.91 Å². The maximum atomic E-state index is 12.2. The SMILES string of the molecule is CSc1ccc(CN(C)C(=O)COC(=O)c2ccccc2S(C)(=O)=O)cc1. The fraction of sp³-hybridized carbons (Fsp3) is 0.263. The van der Waals surface area contributed by atoms with Crippen LogP contribution in [0.4, 0.5) is 0 Å². The summed E-state index contributed by atoms with van der Waals surface area (Å²) in [5, 5.41) is 0. The summed E-state index contributed by atoms with van der Waals surface area (Å²) in [4.78, 5) is 26.9. The summed E-state index contributed by atoms with van der Waals surface area (Å²) in [6.45, 7) is -0.0820. The van der Waals surface area contributed by atoms with Crippen LogP contribution in [0.1, 0.15) is 15.9 Å². The number of benzene rings is 2. The Morgan fingerprint density at radius 2 is 1.70 bits per heavy atom. The zero-order chi connectivity index (χ0) is 20.0. The summed E-state index contributed by atoms with van der Waals surface area (Å²) in [7, 11) is -1.96. The number of hydrogen-bond acceptors (Lipinski definition) is 6. The molecule has 0 N–H and O–H groups in total. The minimum Gasteiger partial charge on any atom is -0.452 e. The Morgan fingerprint density at radius 3 is 2.30 bits per heavy atom. The molecule has 0 radical (unpaired) electrons. The molecule has 0 unspecified atom stereocenters. The number of esters is 1. The quantitative estimate of drug-likeness (QED) is 0.518. The van der Waals surface area contributed by atoms with Gasteiger partial charge in [0, 0.05) is 24.7 Å². The summed E-state index contributed by atoms with van der Waals surface area (Å²) in [5.41, 5.74) is 0.875. The Balaban J connectivity index is 1.97. The average molecular weight is 408 g/mol. The Kier molecular flexibility index (Phi) is 7.04. The highest BCUT2D eigenvalue weighted by molar-refractivity contribution is 7.98. The summed E-state index contributed by atoms with van der Waals surface area (Å²) < 4.78 is 28.6. The van der Waals surface area contributed by atoms with Crippen LogP contribution < -0.4 is 0 Å². The first-order valence-corrected chi connectivity index (χ1v) is 11.2. The highest BCUT2D eigenvalue weighted by Gasteiger charge is 2.20. The van der Waals surface area contributed by atoms with Crippen LogP contribution in [0.2, 0.25) is 0 Å². The van der Waals surface area contributed by atoms with Crippen molar-refractivity contribution in [3.63, 3.8) is 0 Å². The second-order valence-electron chi connectivity index (χ2n) is 5.94. The Hall–Kier alpha value is -2.32. The summed E-state index contributed by atoms with van der Waals surface area (Å²) in [6.07, 6.45) is 3.00. The molecule has 0 spiro atoms. The smallest absolute Gasteiger partial charge is 0.339 e. The third-order valence-corrected chi connectivity index (χ3v) is 5.74. The molecule has 0 saturated carbocycles. The van der Waals surface area contributed by atoms with E-state index in [1.807, 2.05) is 30.5 Å². The molecule has 0 fully saturated rings. The van der Waals surface area contributed by atoms with Gasteiger partial charge in [0.1, 0.15) is 0 Å². The monoisotopic (exact) mass is 407 g/mol. The Bertz CT molecular complexity index is 923. The van der Waals surface area contributed by atoms with Crippen molar-refractivity contribution < 1.29 is 22.7 Å². The molecular formula is C19H21NO5S2. The molecule has 8 heteroatoms. The van der Waals surface area contributed by atoms with E-state index in [1.54, 1.807) is 18.8 Å². The molecule has 2 aromatic carbocycles. The third kappa shape index (κ3) is 5.83. The van der Waals surface area contributed by atoms with Gasteiger partial charge in [-0.2, -0.15) is 0 Å². The van der Waals surface area contributed by atoms with E-state index >= 15 is 0 Å². The van der Waals surface area contributed by atoms with Crippen LogP contribution in [0.5, 0.6) is 0 Å². The van der Waals surface area contributed by atoms with E-state index in [0.29, 0.717) is 6.54 Å². The Morgan fingerprint density at radius 1 is 1.07 bits per heavy atom. The number of carbonyl (C=O) groups excluding carboxylic acids is 2. The number of nitrogens with zero attached hydrogens (tertiary/aromatic N) is 1. The molecule has 0 aliphatic carbocycles. The maximum Gasteiger partial charge on any atom is 0.339 e. The van der Waals surface area contributed by atoms with Gasteiger partial charge < -0.3 is 9.64 Å². The van der Waals surface area contributed by atoms with E-state index in [4.69, 9.17) is 4.74 Å². The number of likely N-dealkylation sites (N-methyl/N-ethyl adjacent to an activating group) is 1. The average Bonchev–Trinajstić information content (AvgIpc) is 2.65. The lowest BCUT2D eigenvalue weighted by atomic mass is 10.2. The van der Waals surface area contributed by atoms with E-state index in [9.17, 15) is 18.0 Å². The number of rotatable bonds is 7. The van der Waals surface area contributed by atoms with Crippen molar-refractivity contribution in [2.45, 2.75) is 16.3 Å². The van der Waals surface area contributed by atoms with Crippen LogP contribution in [0.15, 0.2) is 58.3 Å². The summed E-state index contributed by atoms with van der Waals surface area (Å²) >= 11 is 1.63. The number of hydrogen-bond donors (Lipinski definition) is 0. The highest BCUT2D eigenvalue weighted by atomic mass is 32.2. The predicted octanol–water partition coefficient (Wildman–Crippen LogP) is 2.63. The van der Waals surface area contributed by atoms with Crippen LogP contribution in [0.3, 0.4) is 0 Å². The van der Waals surface area contributed by atoms with Gasteiger partial charge in [-0.05, 0) is 36.1 Å². The molecule has 144 valence electrons. The van der Waals surface area contributed by atoms with Crippen LogP contribution >= 0.6 is 11.8 Å². The van der Waals surface area contributed by atoms with Crippen molar-refractivity contribution in [3.8, 4) is 0 Å². The molecule has 1 amide bonds. The molecule has 0 aromatic heterocycles. The maximum absolute atomic E-state index is 12.2. The third-order valence-electron chi connectivity index (χ3n) is 3.84. The zero-order valence-electron chi connectivity index (χ0n) is 15.3. The van der Waals surface area contributed by atoms with Gasteiger partial charge in [0.05, 0.1) is 10.5 Å². The second-order valence-corrected chi connectivity index (χ2v) is 8.81. The van der Waals surface area contributed by atoms with E-state index < -0.39 is 22.4 Å². The first-order chi connectivity index (χ1) is 12.7. The topological polar surface area (TPSA) is 80.8 Å². The molecule has 2 aromatic rings. The van der Waals surface area contributed by atoms with Crippen LogP contribution in [0, 0.1) is 0 Å². The number of sulfone groups is 1. The molecule has 0 aliphatic rings. The number of ether oxygens (including phenoxy) is 1. The van der Waals surface area contributed by atoms with Gasteiger partial charge in [-0.25, -0.2) is 13.2 Å². The largest absolute Gasteiger partial charge is 0.452 e. The minimum absolute atomic E-state index is 0.0805. The molecule has 0 saturated heterocycles. The van der Waals surface area contributed by atoms with Crippen LogP contribution in [0.25, 0.3) is 0 Å². The number of thioether (sulfide) groups is 1. The fourth-order valence-electron chi connectivity index (χ4n) is 2.37. The van der Waals surface area contributed by atoms with Crippen molar-refractivity contribution in [2.75, 3.05) is 26.2 Å². The van der Waals surface area contributed by atoms with Crippen molar-refractivity contribution in [3.05, 3.63) is 59.7 Å². The lowest BCUT2D eigenvalue weighted by Crippen LogP contribution is -2.31. The van der Waals surface area contributed by atoms with Gasteiger partial charge in [-0.15, -0.1) is 11.8 Å². The summed E-state index contributed by atoms with van der Waals surface area (Å²) in [6, 6.07) is 13.6. The van der Waals surface area contributed by atoms with Gasteiger partial charge in [0.2, 0.25) is 0 Å². The first kappa shape index (κ1) is 21.0. The van der Waals surface area contributed by atoms with Crippen molar-refractivity contribution >= 4 is 33.5 Å². The molecule has 2 rings (SSSR count). The van der Waals surface area contributed by atoms with Crippen molar-refractivity contribution in [1.29, 1.82) is 0 Å². The van der Waals surface area contributed by atoms with E-state index in [2.05, 4.69) is 0 Å². The fourth-order valence-corrected chi connectivity index (χ4v) is 3.65. The summed E-state index contributed by atoms with van der Waals surface area (Å²) in [5.74, 6) is -1.23. The number of carbonyl (C=O) groups is 2. The molecule has 0 aliphatic heterocycles. The first-order valence-electron chi connectivity index (χ1n) is 8.05. The molecule has 0 heterocycles. The van der Waals surface area contributed by atoms with Crippen LogP contribution in [-0.2, 0) is 25.9 Å². The Labute approximate surface area is 163 Å². The number of amides is 1. The normalized spacial score (nSPS) is 11.1. The zero-order valence-corrected chi connectivity index (χ0v) is 17.0. The standard InChI is InChI=1S/C19H21NO5S2/c1-20(12-14-8-10-15(26-2)11-9-14)18(21)13-25-19(22)16-6-4-5-7-17(16)27(3,23)24/h4-11H,12-13H2,1-3H3. The van der Waals surface area contributed by atoms with Crippen molar-refractivity contribution in [2.24, 2.45) is 0 Å². The van der Waals surface area contributed by atoms with Crippen LogP contribution in [-0.4, -0.2) is 51.4 Å². The molecule has 0 bridgehead atoms. The van der Waals surface area contributed by atoms with Gasteiger partial charge in [-0.1, -0.05) is 24.3 Å². The van der Waals surface area contributed by atoms with Gasteiger partial charge in [-0.3, -0.25) is 4.79 Å².